The number of nitriles is 1. The van der Waals surface area contributed by atoms with Crippen LogP contribution in [-0.4, -0.2) is 24.7 Å². The highest BCUT2D eigenvalue weighted by Crippen LogP contribution is 2.30. The molecule has 7 nitrogen and oxygen atoms in total. The number of fused-ring (bicyclic) bond motifs is 1. The van der Waals surface area contributed by atoms with Crippen molar-refractivity contribution in [2.45, 2.75) is 13.5 Å². The molecule has 0 unspecified atom stereocenters. The molecule has 158 valence electrons. The molecule has 0 atom stereocenters. The van der Waals surface area contributed by atoms with Gasteiger partial charge in [0.1, 0.15) is 18.2 Å². The maximum Gasteiger partial charge on any atom is 0.348 e. The lowest BCUT2D eigenvalue weighted by Gasteiger charge is -2.13. The molecule has 8 heteroatoms. The fraction of sp³-hybridized carbons (Fsp3) is 0.174. The Bertz CT molecular complexity index is 1260. The number of nitrogens with one attached hydrogen (secondary N) is 1. The van der Waals surface area contributed by atoms with Gasteiger partial charge in [0, 0.05) is 22.0 Å². The van der Waals surface area contributed by atoms with Gasteiger partial charge in [-0.3, -0.25) is 4.79 Å². The highest BCUT2D eigenvalue weighted by molar-refractivity contribution is 6.31. The molecule has 3 rings (SSSR count). The lowest BCUT2D eigenvalue weighted by atomic mass is 10.1. The molecule has 2 aromatic carbocycles. The van der Waals surface area contributed by atoms with Crippen molar-refractivity contribution in [3.8, 4) is 17.6 Å². The van der Waals surface area contributed by atoms with Gasteiger partial charge >= 0.3 is 5.97 Å². The number of carbonyl (C=O) groups excluding carboxylic acids is 1. The summed E-state index contributed by atoms with van der Waals surface area (Å²) in [7, 11) is 1.48. The molecule has 0 aliphatic rings. The molecule has 0 bridgehead atoms. The van der Waals surface area contributed by atoms with E-state index in [-0.39, 0.29) is 24.3 Å². The summed E-state index contributed by atoms with van der Waals surface area (Å²) in [5.74, 6) is 0.161. The lowest BCUT2D eigenvalue weighted by molar-refractivity contribution is -0.137. The zero-order valence-electron chi connectivity index (χ0n) is 16.9. The number of H-pyrrole nitrogens is 1. The van der Waals surface area contributed by atoms with Crippen molar-refractivity contribution in [2.24, 2.45) is 0 Å². The van der Waals surface area contributed by atoms with Crippen LogP contribution in [0.1, 0.15) is 18.1 Å². The number of ether oxygens (including phenoxy) is 3. The third-order valence-corrected chi connectivity index (χ3v) is 4.62. The fourth-order valence-corrected chi connectivity index (χ4v) is 3.16. The van der Waals surface area contributed by atoms with Crippen molar-refractivity contribution in [3.63, 3.8) is 0 Å². The van der Waals surface area contributed by atoms with E-state index >= 15 is 0 Å². The minimum atomic E-state index is -0.689. The molecule has 1 N–H and O–H groups in total. The van der Waals surface area contributed by atoms with Crippen LogP contribution < -0.4 is 15.0 Å². The van der Waals surface area contributed by atoms with Gasteiger partial charge in [0.25, 0.3) is 0 Å². The number of nitrogens with zero attached hydrogens (tertiary/aromatic N) is 1. The summed E-state index contributed by atoms with van der Waals surface area (Å²) in [6.45, 7) is 1.97. The fourth-order valence-electron chi connectivity index (χ4n) is 2.99. The van der Waals surface area contributed by atoms with E-state index in [0.29, 0.717) is 33.2 Å². The number of esters is 1. The zero-order chi connectivity index (χ0) is 22.4. The predicted molar refractivity (Wildman–Crippen MR) is 117 cm³/mol. The molecule has 3 aromatic rings. The monoisotopic (exact) mass is 438 g/mol. The maximum atomic E-state index is 12.0. The van der Waals surface area contributed by atoms with Crippen molar-refractivity contribution < 1.29 is 19.0 Å². The summed E-state index contributed by atoms with van der Waals surface area (Å²) in [6.07, 6.45) is 1.41. The molecule has 0 fully saturated rings. The molecule has 0 amide bonds. The first-order valence-electron chi connectivity index (χ1n) is 9.36. The number of halogens is 1. The number of benzene rings is 2. The summed E-state index contributed by atoms with van der Waals surface area (Å²) in [5, 5.41) is 10.5. The molecular formula is C23H19ClN2O5. The molecule has 0 spiro atoms. The Kier molecular flexibility index (Phi) is 6.96. The molecule has 0 saturated carbocycles. The van der Waals surface area contributed by atoms with E-state index in [1.807, 2.05) is 12.1 Å². The number of hydrogen-bond donors (Lipinski definition) is 1. The number of rotatable bonds is 7. The quantitative estimate of drug-likeness (QED) is 0.336. The summed E-state index contributed by atoms with van der Waals surface area (Å²) in [6, 6.07) is 13.5. The van der Waals surface area contributed by atoms with Crippen LogP contribution in [0.4, 0.5) is 0 Å². The average molecular weight is 439 g/mol. The van der Waals surface area contributed by atoms with Gasteiger partial charge in [-0.15, -0.1) is 0 Å². The van der Waals surface area contributed by atoms with Crippen molar-refractivity contribution in [1.29, 1.82) is 5.26 Å². The van der Waals surface area contributed by atoms with Crippen molar-refractivity contribution in [3.05, 3.63) is 74.5 Å². The van der Waals surface area contributed by atoms with E-state index < -0.39 is 5.97 Å². The Hall–Kier alpha value is -3.76. The predicted octanol–water partition coefficient (Wildman–Crippen LogP) is 4.24. The lowest BCUT2D eigenvalue weighted by Crippen LogP contribution is -2.08. The Morgan fingerprint density at radius 3 is 2.71 bits per heavy atom. The van der Waals surface area contributed by atoms with Crippen LogP contribution in [0.3, 0.4) is 0 Å². The summed E-state index contributed by atoms with van der Waals surface area (Å²) >= 11 is 6.01. The van der Waals surface area contributed by atoms with Crippen molar-refractivity contribution >= 4 is 34.5 Å². The van der Waals surface area contributed by atoms with Crippen LogP contribution in [0.15, 0.2) is 52.8 Å². The highest BCUT2D eigenvalue weighted by Gasteiger charge is 2.12. The van der Waals surface area contributed by atoms with Gasteiger partial charge in [0.2, 0.25) is 5.56 Å². The second-order valence-electron chi connectivity index (χ2n) is 6.44. The van der Waals surface area contributed by atoms with Gasteiger partial charge in [-0.2, -0.15) is 5.26 Å². The Morgan fingerprint density at radius 1 is 1.19 bits per heavy atom. The second-order valence-corrected chi connectivity index (χ2v) is 6.87. The molecule has 1 aromatic heterocycles. The Morgan fingerprint density at radius 2 is 2.00 bits per heavy atom. The minimum absolute atomic E-state index is 0.119. The molecule has 31 heavy (non-hydrogen) atoms. The van der Waals surface area contributed by atoms with Gasteiger partial charge in [-0.25, -0.2) is 4.79 Å². The number of pyridine rings is 1. The number of carbonyl (C=O) groups is 1. The molecule has 1 heterocycles. The minimum Gasteiger partial charge on any atom is -0.493 e. The topological polar surface area (TPSA) is 101 Å². The zero-order valence-corrected chi connectivity index (χ0v) is 17.7. The van der Waals surface area contributed by atoms with E-state index in [2.05, 4.69) is 4.98 Å². The molecule has 0 radical (unpaired) electrons. The summed E-state index contributed by atoms with van der Waals surface area (Å²) in [5.41, 5.74) is 1.50. The van der Waals surface area contributed by atoms with Crippen molar-refractivity contribution in [2.75, 3.05) is 13.7 Å². The molecule has 0 aliphatic carbocycles. The van der Waals surface area contributed by atoms with Gasteiger partial charge in [-0.1, -0.05) is 23.7 Å². The van der Waals surface area contributed by atoms with E-state index in [1.54, 1.807) is 37.3 Å². The van der Waals surface area contributed by atoms with E-state index in [4.69, 9.17) is 25.8 Å². The van der Waals surface area contributed by atoms with Crippen LogP contribution in [0.5, 0.6) is 11.5 Å². The van der Waals surface area contributed by atoms with Gasteiger partial charge in [0.05, 0.1) is 19.2 Å². The normalized spacial score (nSPS) is 11.1. The first-order valence-corrected chi connectivity index (χ1v) is 9.74. The van der Waals surface area contributed by atoms with Crippen LogP contribution >= 0.6 is 11.6 Å². The Balaban J connectivity index is 1.87. The van der Waals surface area contributed by atoms with Crippen LogP contribution in [0.2, 0.25) is 5.02 Å². The largest absolute Gasteiger partial charge is 0.493 e. The first-order chi connectivity index (χ1) is 14.9. The van der Waals surface area contributed by atoms with Crippen LogP contribution in [-0.2, 0) is 16.1 Å². The maximum absolute atomic E-state index is 12.0. The third-order valence-electron chi connectivity index (χ3n) is 4.39. The number of aromatic nitrogens is 1. The van der Waals surface area contributed by atoms with Gasteiger partial charge in [-0.05, 0) is 42.8 Å². The smallest absolute Gasteiger partial charge is 0.348 e. The Labute approximate surface area is 183 Å². The first kappa shape index (κ1) is 21.9. The summed E-state index contributed by atoms with van der Waals surface area (Å²) in [4.78, 5) is 26.5. The highest BCUT2D eigenvalue weighted by atomic mass is 35.5. The molecular weight excluding hydrogens is 420 g/mol. The average Bonchev–Trinajstić information content (AvgIpc) is 2.75. The summed E-state index contributed by atoms with van der Waals surface area (Å²) < 4.78 is 16.1. The van der Waals surface area contributed by atoms with E-state index in [9.17, 15) is 14.9 Å². The SMILES string of the molecule is CCOC(=O)C(C#N)=Cc1ccc(OCc2cc(=O)[nH]c3cc(Cl)ccc23)c(OC)c1. The van der Waals surface area contributed by atoms with Gasteiger partial charge < -0.3 is 19.2 Å². The second kappa shape index (κ2) is 9.83. The van der Waals surface area contributed by atoms with Crippen LogP contribution in [0, 0.1) is 11.3 Å². The van der Waals surface area contributed by atoms with Gasteiger partial charge in [0.15, 0.2) is 11.5 Å². The van der Waals surface area contributed by atoms with E-state index in [0.717, 1.165) is 5.39 Å². The van der Waals surface area contributed by atoms with Crippen LogP contribution in [0.25, 0.3) is 17.0 Å². The number of hydrogen-bond acceptors (Lipinski definition) is 6. The molecule has 0 saturated heterocycles. The molecule has 0 aliphatic heterocycles. The number of methoxy groups -OCH3 is 1. The van der Waals surface area contributed by atoms with E-state index in [1.165, 1.54) is 19.3 Å². The number of aromatic amines is 1. The third kappa shape index (κ3) is 5.24. The van der Waals surface area contributed by atoms with Crippen molar-refractivity contribution in [1.82, 2.24) is 4.98 Å². The standard InChI is InChI=1S/C23H19ClN2O5/c1-3-30-23(28)15(12-25)8-14-4-7-20(21(9-14)29-2)31-13-16-10-22(27)26-19-11-17(24)5-6-18(16)19/h4-11H,3,13H2,1-2H3,(H,26,27).